The molecule has 0 aliphatic heterocycles. The second-order valence-electron chi connectivity index (χ2n) is 3.03. The van der Waals surface area contributed by atoms with Gasteiger partial charge >= 0.3 is 6.03 Å². The molecule has 5 nitrogen and oxygen atoms in total. The van der Waals surface area contributed by atoms with Gasteiger partial charge in [0.25, 0.3) is 0 Å². The molecule has 88 valence electrons. The Kier molecular flexibility index (Phi) is 5.80. The van der Waals surface area contributed by atoms with Gasteiger partial charge in [0.15, 0.2) is 6.73 Å². The third-order valence-corrected chi connectivity index (χ3v) is 1.81. The first kappa shape index (κ1) is 12.3. The van der Waals surface area contributed by atoms with Gasteiger partial charge in [0.2, 0.25) is 0 Å². The Balaban J connectivity index is 2.09. The van der Waals surface area contributed by atoms with Crippen LogP contribution in [0.2, 0.25) is 0 Å². The SMILES string of the molecule is COCCNC(=O)NCOc1ccccc1. The summed E-state index contributed by atoms with van der Waals surface area (Å²) in [5, 5.41) is 5.18. The number of carbonyl (C=O) groups is 1. The maximum absolute atomic E-state index is 11.2. The zero-order valence-corrected chi connectivity index (χ0v) is 9.23. The fourth-order valence-corrected chi connectivity index (χ4v) is 1.03. The average Bonchev–Trinajstić information content (AvgIpc) is 2.31. The molecule has 0 unspecified atom stereocenters. The van der Waals surface area contributed by atoms with Crippen LogP contribution in [0.5, 0.6) is 5.75 Å². The van der Waals surface area contributed by atoms with Crippen molar-refractivity contribution in [2.45, 2.75) is 0 Å². The molecule has 1 aromatic carbocycles. The van der Waals surface area contributed by atoms with Crippen LogP contribution < -0.4 is 15.4 Å². The number of carbonyl (C=O) groups excluding carboxylic acids is 1. The van der Waals surface area contributed by atoms with E-state index in [9.17, 15) is 4.79 Å². The molecular weight excluding hydrogens is 208 g/mol. The van der Waals surface area contributed by atoms with Gasteiger partial charge < -0.3 is 20.1 Å². The highest BCUT2D eigenvalue weighted by Crippen LogP contribution is 2.06. The molecule has 0 radical (unpaired) electrons. The van der Waals surface area contributed by atoms with Crippen molar-refractivity contribution in [3.63, 3.8) is 0 Å². The molecular formula is C11H16N2O3. The highest BCUT2D eigenvalue weighted by Gasteiger charge is 1.98. The van der Waals surface area contributed by atoms with Crippen LogP contribution in [0.25, 0.3) is 0 Å². The topological polar surface area (TPSA) is 59.6 Å². The highest BCUT2D eigenvalue weighted by atomic mass is 16.5. The van der Waals surface area contributed by atoms with Crippen molar-refractivity contribution in [1.29, 1.82) is 0 Å². The summed E-state index contributed by atoms with van der Waals surface area (Å²) >= 11 is 0. The second-order valence-corrected chi connectivity index (χ2v) is 3.03. The summed E-state index contributed by atoms with van der Waals surface area (Å²) < 4.78 is 10.1. The molecule has 0 atom stereocenters. The number of amides is 2. The van der Waals surface area contributed by atoms with E-state index >= 15 is 0 Å². The molecule has 0 saturated heterocycles. The zero-order chi connectivity index (χ0) is 11.6. The third kappa shape index (κ3) is 5.21. The van der Waals surface area contributed by atoms with Gasteiger partial charge in [-0.2, -0.15) is 0 Å². The standard InChI is InChI=1S/C11H16N2O3/c1-15-8-7-12-11(14)13-9-16-10-5-3-2-4-6-10/h2-6H,7-9H2,1H3,(H2,12,13,14). The van der Waals surface area contributed by atoms with Gasteiger partial charge in [0.1, 0.15) is 5.75 Å². The van der Waals surface area contributed by atoms with Gasteiger partial charge in [-0.05, 0) is 12.1 Å². The molecule has 2 N–H and O–H groups in total. The van der Waals surface area contributed by atoms with Crippen LogP contribution in [-0.4, -0.2) is 33.0 Å². The number of hydrogen-bond acceptors (Lipinski definition) is 3. The van der Waals surface area contributed by atoms with Crippen molar-refractivity contribution in [3.05, 3.63) is 30.3 Å². The lowest BCUT2D eigenvalue weighted by Crippen LogP contribution is -2.39. The lowest BCUT2D eigenvalue weighted by atomic mass is 10.3. The van der Waals surface area contributed by atoms with Crippen LogP contribution in [0.4, 0.5) is 4.79 Å². The van der Waals surface area contributed by atoms with Crippen LogP contribution >= 0.6 is 0 Å². The van der Waals surface area contributed by atoms with E-state index in [1.165, 1.54) is 0 Å². The van der Waals surface area contributed by atoms with Crippen LogP contribution in [-0.2, 0) is 4.74 Å². The molecule has 1 rings (SSSR count). The van der Waals surface area contributed by atoms with Crippen LogP contribution in [0.3, 0.4) is 0 Å². The van der Waals surface area contributed by atoms with E-state index in [0.29, 0.717) is 13.2 Å². The van der Waals surface area contributed by atoms with Crippen LogP contribution in [0, 0.1) is 0 Å². The fraction of sp³-hybridized carbons (Fsp3) is 0.364. The Hall–Kier alpha value is -1.75. The van der Waals surface area contributed by atoms with E-state index in [1.54, 1.807) is 7.11 Å². The summed E-state index contributed by atoms with van der Waals surface area (Å²) in [5.74, 6) is 0.722. The molecule has 0 aliphatic carbocycles. The molecule has 16 heavy (non-hydrogen) atoms. The Labute approximate surface area is 94.7 Å². The summed E-state index contributed by atoms with van der Waals surface area (Å²) in [6, 6.07) is 9.02. The van der Waals surface area contributed by atoms with Gasteiger partial charge in [-0.1, -0.05) is 18.2 Å². The van der Waals surface area contributed by atoms with Gasteiger partial charge in [0.05, 0.1) is 6.61 Å². The monoisotopic (exact) mass is 224 g/mol. The van der Waals surface area contributed by atoms with E-state index < -0.39 is 0 Å². The van der Waals surface area contributed by atoms with Crippen molar-refractivity contribution in [2.75, 3.05) is 27.0 Å². The van der Waals surface area contributed by atoms with Gasteiger partial charge in [-0.25, -0.2) is 4.79 Å². The van der Waals surface area contributed by atoms with Gasteiger partial charge in [-0.3, -0.25) is 0 Å². The molecule has 0 aliphatic rings. The number of urea groups is 1. The van der Waals surface area contributed by atoms with Crippen LogP contribution in [0.15, 0.2) is 30.3 Å². The summed E-state index contributed by atoms with van der Waals surface area (Å²) in [5.41, 5.74) is 0. The minimum absolute atomic E-state index is 0.142. The largest absolute Gasteiger partial charge is 0.473 e. The maximum Gasteiger partial charge on any atom is 0.317 e. The van der Waals surface area contributed by atoms with E-state index in [2.05, 4.69) is 10.6 Å². The predicted molar refractivity (Wildman–Crippen MR) is 60.3 cm³/mol. The first-order valence-corrected chi connectivity index (χ1v) is 5.01. The summed E-state index contributed by atoms with van der Waals surface area (Å²) in [6.07, 6.45) is 0. The molecule has 0 saturated carbocycles. The average molecular weight is 224 g/mol. The van der Waals surface area contributed by atoms with E-state index in [0.717, 1.165) is 5.75 Å². The number of ether oxygens (including phenoxy) is 2. The minimum Gasteiger partial charge on any atom is -0.473 e. The number of para-hydroxylation sites is 1. The lowest BCUT2D eigenvalue weighted by molar-refractivity contribution is 0.192. The lowest BCUT2D eigenvalue weighted by Gasteiger charge is -2.08. The molecule has 0 heterocycles. The van der Waals surface area contributed by atoms with Crippen LogP contribution in [0.1, 0.15) is 0 Å². The molecule has 0 bridgehead atoms. The maximum atomic E-state index is 11.2. The smallest absolute Gasteiger partial charge is 0.317 e. The number of nitrogens with one attached hydrogen (secondary N) is 2. The summed E-state index contributed by atoms with van der Waals surface area (Å²) in [7, 11) is 1.58. The summed E-state index contributed by atoms with van der Waals surface area (Å²) in [6.45, 7) is 1.11. The number of hydrogen-bond donors (Lipinski definition) is 2. The molecule has 0 spiro atoms. The van der Waals surface area contributed by atoms with Gasteiger partial charge in [0, 0.05) is 13.7 Å². The van der Waals surface area contributed by atoms with Crippen molar-refractivity contribution >= 4 is 6.03 Å². The number of rotatable bonds is 6. The first-order valence-electron chi connectivity index (χ1n) is 5.01. The number of benzene rings is 1. The molecule has 5 heteroatoms. The predicted octanol–water partition coefficient (Wildman–Crippen LogP) is 0.968. The van der Waals surface area contributed by atoms with E-state index in [-0.39, 0.29) is 12.8 Å². The Morgan fingerprint density at radius 2 is 2.00 bits per heavy atom. The molecule has 1 aromatic rings. The Morgan fingerprint density at radius 3 is 2.69 bits per heavy atom. The van der Waals surface area contributed by atoms with Crippen molar-refractivity contribution < 1.29 is 14.3 Å². The normalized spacial score (nSPS) is 9.56. The molecule has 0 aromatic heterocycles. The fourth-order valence-electron chi connectivity index (χ4n) is 1.03. The van der Waals surface area contributed by atoms with E-state index in [4.69, 9.17) is 9.47 Å². The minimum atomic E-state index is -0.270. The third-order valence-electron chi connectivity index (χ3n) is 1.81. The molecule has 0 fully saturated rings. The first-order chi connectivity index (χ1) is 7.83. The quantitative estimate of drug-likeness (QED) is 0.559. The Morgan fingerprint density at radius 1 is 1.25 bits per heavy atom. The molecule has 2 amide bonds. The van der Waals surface area contributed by atoms with Crippen molar-refractivity contribution in [2.24, 2.45) is 0 Å². The highest BCUT2D eigenvalue weighted by molar-refractivity contribution is 5.73. The number of methoxy groups -OCH3 is 1. The van der Waals surface area contributed by atoms with E-state index in [1.807, 2.05) is 30.3 Å². The zero-order valence-electron chi connectivity index (χ0n) is 9.23. The van der Waals surface area contributed by atoms with Crippen molar-refractivity contribution in [3.8, 4) is 5.75 Å². The Bertz CT molecular complexity index is 303. The van der Waals surface area contributed by atoms with Gasteiger partial charge in [-0.15, -0.1) is 0 Å². The van der Waals surface area contributed by atoms with Crippen molar-refractivity contribution in [1.82, 2.24) is 10.6 Å². The summed E-state index contributed by atoms with van der Waals surface area (Å²) in [4.78, 5) is 11.2. The second kappa shape index (κ2) is 7.53.